The monoisotopic (exact) mass is 133 g/mol. The summed E-state index contributed by atoms with van der Waals surface area (Å²) >= 11 is 0. The first-order valence-electron chi connectivity index (χ1n) is 2.31. The van der Waals surface area contributed by atoms with Gasteiger partial charge in [-0.25, -0.2) is 4.79 Å². The minimum absolute atomic E-state index is 0.703. The lowest BCUT2D eigenvalue weighted by Crippen LogP contribution is -2.26. The van der Waals surface area contributed by atoms with Gasteiger partial charge in [0, 0.05) is 11.8 Å². The van der Waals surface area contributed by atoms with Crippen molar-refractivity contribution >= 4 is 5.97 Å². The molecule has 1 atom stereocenters. The van der Waals surface area contributed by atoms with Crippen LogP contribution >= 0.6 is 0 Å². The Morgan fingerprint density at radius 2 is 2.22 bits per heavy atom. The highest BCUT2D eigenvalue weighted by Crippen LogP contribution is 1.89. The first-order valence-corrected chi connectivity index (χ1v) is 2.31. The summed E-state index contributed by atoms with van der Waals surface area (Å²) in [5, 5.41) is 9.80. The number of nitrogens with zero attached hydrogens (tertiary/aromatic N) is 1. The van der Waals surface area contributed by atoms with Gasteiger partial charge in [-0.2, -0.15) is 0 Å². The molecule has 5 nitrogen and oxygen atoms in total. The number of hydrogen-bond donors (Lipinski definition) is 0. The van der Waals surface area contributed by atoms with Gasteiger partial charge in [0.15, 0.2) is 0 Å². The van der Waals surface area contributed by atoms with Crippen LogP contribution in [0, 0.1) is 10.1 Å². The normalized spacial score (nSPS) is 12.2. The van der Waals surface area contributed by atoms with Gasteiger partial charge in [0.25, 0.3) is 0 Å². The molecule has 0 amide bonds. The molecule has 0 saturated heterocycles. The van der Waals surface area contributed by atoms with Crippen molar-refractivity contribution in [2.45, 2.75) is 13.0 Å². The Labute approximate surface area is 51.8 Å². The van der Waals surface area contributed by atoms with Crippen LogP contribution in [0.4, 0.5) is 0 Å². The van der Waals surface area contributed by atoms with Crippen molar-refractivity contribution in [1.29, 1.82) is 0 Å². The van der Waals surface area contributed by atoms with E-state index in [1.807, 2.05) is 0 Å². The molecular formula is C4H7NO4. The molecule has 0 fully saturated rings. The van der Waals surface area contributed by atoms with Gasteiger partial charge < -0.3 is 4.74 Å². The zero-order valence-corrected chi connectivity index (χ0v) is 5.16. The van der Waals surface area contributed by atoms with Crippen molar-refractivity contribution < 1.29 is 14.5 Å². The van der Waals surface area contributed by atoms with Crippen molar-refractivity contribution in [2.24, 2.45) is 0 Å². The van der Waals surface area contributed by atoms with Gasteiger partial charge in [-0.15, -0.1) is 0 Å². The Balaban J connectivity index is 3.88. The Hall–Kier alpha value is -1.13. The lowest BCUT2D eigenvalue weighted by molar-refractivity contribution is -0.506. The fraction of sp³-hybridized carbons (Fsp3) is 0.750. The number of ether oxygens (including phenoxy) is 1. The van der Waals surface area contributed by atoms with E-state index in [-0.39, 0.29) is 0 Å². The zero-order valence-electron chi connectivity index (χ0n) is 5.16. The van der Waals surface area contributed by atoms with Crippen molar-refractivity contribution in [1.82, 2.24) is 0 Å². The van der Waals surface area contributed by atoms with E-state index in [4.69, 9.17) is 0 Å². The molecular weight excluding hydrogens is 126 g/mol. The molecule has 0 N–H and O–H groups in total. The fourth-order valence-electron chi connectivity index (χ4n) is 0.257. The van der Waals surface area contributed by atoms with Crippen LogP contribution in [0.5, 0.6) is 0 Å². The van der Waals surface area contributed by atoms with E-state index in [1.54, 1.807) is 0 Å². The average Bonchev–Trinajstić information content (AvgIpc) is 1.84. The van der Waals surface area contributed by atoms with Crippen LogP contribution in [0.25, 0.3) is 0 Å². The Morgan fingerprint density at radius 1 is 1.78 bits per heavy atom. The van der Waals surface area contributed by atoms with Crippen LogP contribution in [0.3, 0.4) is 0 Å². The highest BCUT2D eigenvalue weighted by atomic mass is 16.6. The summed E-state index contributed by atoms with van der Waals surface area (Å²) in [5.41, 5.74) is 0. The van der Waals surface area contributed by atoms with Gasteiger partial charge in [-0.3, -0.25) is 10.1 Å². The van der Waals surface area contributed by atoms with Crippen LogP contribution < -0.4 is 0 Å². The summed E-state index contributed by atoms with van der Waals surface area (Å²) in [7, 11) is 1.11. The molecule has 0 bridgehead atoms. The molecule has 0 aromatic heterocycles. The molecule has 0 aliphatic rings. The quantitative estimate of drug-likeness (QED) is 0.298. The minimum atomic E-state index is -1.25. The lowest BCUT2D eigenvalue weighted by Gasteiger charge is -1.98. The Kier molecular flexibility index (Phi) is 2.63. The predicted molar refractivity (Wildman–Crippen MR) is 28.5 cm³/mol. The molecule has 0 saturated carbocycles. The number of rotatable bonds is 2. The van der Waals surface area contributed by atoms with Crippen molar-refractivity contribution in [2.75, 3.05) is 7.11 Å². The lowest BCUT2D eigenvalue weighted by atomic mass is 10.4. The second-order valence-electron chi connectivity index (χ2n) is 1.48. The Bertz CT molecular complexity index is 133. The maximum Gasteiger partial charge on any atom is 0.381 e. The molecule has 0 aromatic rings. The second-order valence-corrected chi connectivity index (χ2v) is 1.48. The highest BCUT2D eigenvalue weighted by Gasteiger charge is 2.23. The van der Waals surface area contributed by atoms with Crippen molar-refractivity contribution in [3.63, 3.8) is 0 Å². The molecule has 0 aliphatic carbocycles. The summed E-state index contributed by atoms with van der Waals surface area (Å²) in [6, 6.07) is -1.25. The third-order valence-corrected chi connectivity index (χ3v) is 0.859. The summed E-state index contributed by atoms with van der Waals surface area (Å²) in [6.45, 7) is 1.17. The van der Waals surface area contributed by atoms with Gasteiger partial charge >= 0.3 is 12.0 Å². The maximum atomic E-state index is 10.3. The van der Waals surface area contributed by atoms with Crippen LogP contribution in [0.2, 0.25) is 0 Å². The maximum absolute atomic E-state index is 10.3. The molecule has 0 spiro atoms. The topological polar surface area (TPSA) is 69.4 Å². The fourth-order valence-corrected chi connectivity index (χ4v) is 0.257. The molecule has 0 heterocycles. The number of methoxy groups -OCH3 is 1. The molecule has 0 aromatic carbocycles. The van der Waals surface area contributed by atoms with Crippen LogP contribution in [0.1, 0.15) is 6.92 Å². The van der Waals surface area contributed by atoms with E-state index in [0.717, 1.165) is 7.11 Å². The molecule has 52 valence electrons. The van der Waals surface area contributed by atoms with Crippen LogP contribution in [-0.2, 0) is 9.53 Å². The van der Waals surface area contributed by atoms with Crippen LogP contribution in [0.15, 0.2) is 0 Å². The molecule has 9 heavy (non-hydrogen) atoms. The van der Waals surface area contributed by atoms with E-state index in [1.165, 1.54) is 6.92 Å². The molecule has 5 heteroatoms. The van der Waals surface area contributed by atoms with Gasteiger partial charge in [0.05, 0.1) is 7.11 Å². The van der Waals surface area contributed by atoms with Gasteiger partial charge in [-0.1, -0.05) is 0 Å². The van der Waals surface area contributed by atoms with Crippen molar-refractivity contribution in [3.8, 4) is 0 Å². The first-order chi connectivity index (χ1) is 4.09. The molecule has 0 aliphatic heterocycles. The van der Waals surface area contributed by atoms with Gasteiger partial charge in [0.1, 0.15) is 0 Å². The molecule has 0 rings (SSSR count). The van der Waals surface area contributed by atoms with Crippen LogP contribution in [-0.4, -0.2) is 24.0 Å². The van der Waals surface area contributed by atoms with Gasteiger partial charge in [-0.05, 0) is 0 Å². The largest absolute Gasteiger partial charge is 0.464 e. The minimum Gasteiger partial charge on any atom is -0.464 e. The number of esters is 1. The summed E-state index contributed by atoms with van der Waals surface area (Å²) in [4.78, 5) is 19.4. The summed E-state index contributed by atoms with van der Waals surface area (Å²) in [6.07, 6.45) is 0. The van der Waals surface area contributed by atoms with Crippen molar-refractivity contribution in [3.05, 3.63) is 10.1 Å². The smallest absolute Gasteiger partial charge is 0.381 e. The number of carbonyl (C=O) groups excluding carboxylic acids is 1. The number of carbonyl (C=O) groups is 1. The number of nitro groups is 1. The van der Waals surface area contributed by atoms with E-state index in [2.05, 4.69) is 4.74 Å². The third kappa shape index (κ3) is 2.07. The van der Waals surface area contributed by atoms with E-state index in [9.17, 15) is 14.9 Å². The van der Waals surface area contributed by atoms with E-state index in [0.29, 0.717) is 0 Å². The standard InChI is InChI=1S/C4H7NO4/c1-3(5(7)8)4(6)9-2/h3H,1-2H3. The molecule has 0 radical (unpaired) electrons. The zero-order chi connectivity index (χ0) is 7.44. The molecule has 1 unspecified atom stereocenters. The predicted octanol–water partition coefficient (Wildman–Crippen LogP) is -0.175. The third-order valence-electron chi connectivity index (χ3n) is 0.859. The van der Waals surface area contributed by atoms with E-state index >= 15 is 0 Å². The summed E-state index contributed by atoms with van der Waals surface area (Å²) in [5.74, 6) is -0.819. The summed E-state index contributed by atoms with van der Waals surface area (Å²) < 4.78 is 4.09. The SMILES string of the molecule is COC(=O)C(C)[N+](=O)[O-]. The van der Waals surface area contributed by atoms with E-state index < -0.39 is 16.9 Å². The number of hydrogen-bond acceptors (Lipinski definition) is 4. The average molecular weight is 133 g/mol. The Morgan fingerprint density at radius 3 is 2.33 bits per heavy atom. The second kappa shape index (κ2) is 3.01. The highest BCUT2D eigenvalue weighted by molar-refractivity contribution is 5.73. The van der Waals surface area contributed by atoms with Gasteiger partial charge in [0.2, 0.25) is 0 Å². The first kappa shape index (κ1) is 7.87.